The van der Waals surface area contributed by atoms with Gasteiger partial charge in [-0.3, -0.25) is 4.79 Å². The van der Waals surface area contributed by atoms with Gasteiger partial charge in [-0.2, -0.15) is 5.32 Å². The van der Waals surface area contributed by atoms with Crippen molar-refractivity contribution >= 4 is 11.9 Å². The highest BCUT2D eigenvalue weighted by Gasteiger charge is 2.10. The average molecular weight is 153 g/mol. The molecule has 1 rings (SSSR count). The Bertz CT molecular complexity index is 265. The van der Waals surface area contributed by atoms with Crippen molar-refractivity contribution in [1.82, 2.24) is 5.32 Å². The molecular formula is C6H5N2O3. The van der Waals surface area contributed by atoms with Crippen LogP contribution < -0.4 is 11.1 Å². The monoisotopic (exact) mass is 153 g/mol. The number of primary amides is 1. The van der Waals surface area contributed by atoms with E-state index in [1.165, 1.54) is 18.6 Å². The van der Waals surface area contributed by atoms with E-state index in [0.29, 0.717) is 0 Å². The fourth-order valence-electron chi connectivity index (χ4n) is 0.551. The maximum absolute atomic E-state index is 10.8. The summed E-state index contributed by atoms with van der Waals surface area (Å²) in [6, 6.07) is 0.394. The molecule has 0 aliphatic rings. The van der Waals surface area contributed by atoms with Crippen molar-refractivity contribution in [1.29, 1.82) is 0 Å². The number of nitrogens with zero attached hydrogens (tertiary/aromatic N) is 1. The van der Waals surface area contributed by atoms with E-state index in [4.69, 9.17) is 0 Å². The summed E-state index contributed by atoms with van der Waals surface area (Å²) in [5.41, 5.74) is 4.85. The molecule has 0 saturated carbocycles. The van der Waals surface area contributed by atoms with E-state index in [1.54, 1.807) is 0 Å². The summed E-state index contributed by atoms with van der Waals surface area (Å²) in [7, 11) is 0. The molecule has 5 nitrogen and oxygen atoms in total. The van der Waals surface area contributed by atoms with Gasteiger partial charge in [0.2, 0.25) is 0 Å². The largest absolute Gasteiger partial charge is 0.472 e. The number of urea groups is 1. The number of hydrogen-bond donors (Lipinski definition) is 1. The molecule has 1 heterocycles. The van der Waals surface area contributed by atoms with Crippen molar-refractivity contribution in [2.45, 2.75) is 0 Å². The van der Waals surface area contributed by atoms with Crippen molar-refractivity contribution in [3.63, 3.8) is 0 Å². The summed E-state index contributed by atoms with van der Waals surface area (Å²) >= 11 is 0. The number of amides is 3. The highest BCUT2D eigenvalue weighted by Crippen LogP contribution is 1.98. The standard InChI is InChI=1S/C6H5N2O3/c7-6(10)8-5(9)4-1-2-11-3-4/h1-3H,(H2,7,10). The van der Waals surface area contributed by atoms with E-state index < -0.39 is 11.9 Å². The first kappa shape index (κ1) is 7.33. The quantitative estimate of drug-likeness (QED) is 0.620. The lowest BCUT2D eigenvalue weighted by Gasteiger charge is -1.90. The topological polar surface area (TPSA) is 87.4 Å². The maximum atomic E-state index is 10.8. The Hall–Kier alpha value is -1.78. The molecule has 5 heteroatoms. The van der Waals surface area contributed by atoms with Gasteiger partial charge in [-0.25, -0.2) is 4.79 Å². The summed E-state index contributed by atoms with van der Waals surface area (Å²) in [5.74, 6) is -0.689. The normalized spacial score (nSPS) is 9.09. The van der Waals surface area contributed by atoms with Crippen molar-refractivity contribution in [2.24, 2.45) is 5.73 Å². The molecule has 1 aromatic heterocycles. The van der Waals surface area contributed by atoms with Crippen LogP contribution in [0, 0.1) is 0 Å². The average Bonchev–Trinajstić information content (AvgIpc) is 2.35. The number of hydrogen-bond acceptors (Lipinski definition) is 3. The second-order valence-electron chi connectivity index (χ2n) is 1.77. The molecule has 0 unspecified atom stereocenters. The summed E-state index contributed by atoms with van der Waals surface area (Å²) in [4.78, 5) is 20.9. The lowest BCUT2D eigenvalue weighted by Crippen LogP contribution is -2.27. The van der Waals surface area contributed by atoms with Crippen LogP contribution in [0.1, 0.15) is 10.4 Å². The highest BCUT2D eigenvalue weighted by molar-refractivity contribution is 6.03. The third-order valence-corrected chi connectivity index (χ3v) is 0.980. The van der Waals surface area contributed by atoms with Crippen molar-refractivity contribution < 1.29 is 14.0 Å². The van der Waals surface area contributed by atoms with E-state index >= 15 is 0 Å². The van der Waals surface area contributed by atoms with Gasteiger partial charge in [0, 0.05) is 0 Å². The lowest BCUT2D eigenvalue weighted by atomic mass is 10.3. The molecule has 0 bridgehead atoms. The second-order valence-corrected chi connectivity index (χ2v) is 1.77. The first-order chi connectivity index (χ1) is 5.20. The minimum atomic E-state index is -1.00. The number of carbonyl (C=O) groups excluding carboxylic acids is 2. The first-order valence-electron chi connectivity index (χ1n) is 2.78. The molecule has 57 valence electrons. The highest BCUT2D eigenvalue weighted by atomic mass is 16.3. The predicted molar refractivity (Wildman–Crippen MR) is 34.8 cm³/mol. The molecule has 1 radical (unpaired) electrons. The zero-order valence-corrected chi connectivity index (χ0v) is 5.48. The van der Waals surface area contributed by atoms with Gasteiger partial charge in [0.15, 0.2) is 0 Å². The van der Waals surface area contributed by atoms with Crippen LogP contribution in [0.5, 0.6) is 0 Å². The Morgan fingerprint density at radius 3 is 2.73 bits per heavy atom. The lowest BCUT2D eigenvalue weighted by molar-refractivity contribution is 0.0961. The van der Waals surface area contributed by atoms with Crippen LogP contribution in [0.3, 0.4) is 0 Å². The number of nitrogens with two attached hydrogens (primary N) is 1. The van der Waals surface area contributed by atoms with Gasteiger partial charge in [-0.15, -0.1) is 0 Å². The van der Waals surface area contributed by atoms with Crippen LogP contribution in [0.2, 0.25) is 0 Å². The molecule has 2 N–H and O–H groups in total. The van der Waals surface area contributed by atoms with E-state index in [-0.39, 0.29) is 5.56 Å². The van der Waals surface area contributed by atoms with Gasteiger partial charge in [-0.05, 0) is 6.07 Å². The second kappa shape index (κ2) is 2.87. The smallest absolute Gasteiger partial charge is 0.341 e. The molecule has 11 heavy (non-hydrogen) atoms. The maximum Gasteiger partial charge on any atom is 0.341 e. The van der Waals surface area contributed by atoms with Gasteiger partial charge in [0.25, 0.3) is 5.91 Å². The van der Waals surface area contributed by atoms with Crippen LogP contribution in [0.4, 0.5) is 4.79 Å². The van der Waals surface area contributed by atoms with Gasteiger partial charge >= 0.3 is 6.03 Å². The Labute approximate surface area is 62.2 Å². The molecule has 0 saturated heterocycles. The summed E-state index contributed by atoms with van der Waals surface area (Å²) in [5, 5.41) is 2.96. The zero-order valence-electron chi connectivity index (χ0n) is 5.48. The van der Waals surface area contributed by atoms with Gasteiger partial charge in [0.1, 0.15) is 6.26 Å². The zero-order chi connectivity index (χ0) is 8.27. The minimum Gasteiger partial charge on any atom is -0.472 e. The Kier molecular flexibility index (Phi) is 1.91. The molecule has 0 spiro atoms. The number of carbonyl (C=O) groups is 2. The number of rotatable bonds is 1. The van der Waals surface area contributed by atoms with Crippen molar-refractivity contribution in [3.8, 4) is 0 Å². The SMILES string of the molecule is NC(=O)[N]C(=O)c1ccoc1. The van der Waals surface area contributed by atoms with Gasteiger partial charge in [-0.1, -0.05) is 0 Å². The van der Waals surface area contributed by atoms with Crippen molar-refractivity contribution in [2.75, 3.05) is 0 Å². The third-order valence-electron chi connectivity index (χ3n) is 0.980. The molecule has 0 aromatic carbocycles. The molecule has 0 aliphatic carbocycles. The fraction of sp³-hybridized carbons (Fsp3) is 0. The van der Waals surface area contributed by atoms with Crippen LogP contribution in [-0.2, 0) is 0 Å². The number of imide groups is 1. The predicted octanol–water partition coefficient (Wildman–Crippen LogP) is 0.103. The Balaban J connectivity index is 2.64. The molecular weight excluding hydrogens is 148 g/mol. The van der Waals surface area contributed by atoms with Crippen LogP contribution in [0.15, 0.2) is 23.0 Å². The molecule has 1 aromatic rings. The third kappa shape index (κ3) is 1.82. The summed E-state index contributed by atoms with van der Waals surface area (Å²) in [6.07, 6.45) is 2.50. The van der Waals surface area contributed by atoms with Gasteiger partial charge in [0.05, 0.1) is 11.8 Å². The van der Waals surface area contributed by atoms with Crippen LogP contribution in [0.25, 0.3) is 0 Å². The summed E-state index contributed by atoms with van der Waals surface area (Å²) < 4.78 is 4.58. The van der Waals surface area contributed by atoms with Crippen LogP contribution in [-0.4, -0.2) is 11.9 Å². The molecule has 0 fully saturated rings. The van der Waals surface area contributed by atoms with Gasteiger partial charge < -0.3 is 10.2 Å². The van der Waals surface area contributed by atoms with E-state index in [9.17, 15) is 9.59 Å². The Morgan fingerprint density at radius 1 is 1.55 bits per heavy atom. The molecule has 3 amide bonds. The van der Waals surface area contributed by atoms with E-state index in [2.05, 4.69) is 15.5 Å². The minimum absolute atomic E-state index is 0.212. The Morgan fingerprint density at radius 2 is 2.27 bits per heavy atom. The fourth-order valence-corrected chi connectivity index (χ4v) is 0.551. The van der Waals surface area contributed by atoms with Crippen LogP contribution >= 0.6 is 0 Å². The van der Waals surface area contributed by atoms with Crippen molar-refractivity contribution in [3.05, 3.63) is 24.2 Å². The van der Waals surface area contributed by atoms with E-state index in [1.807, 2.05) is 0 Å². The number of furan rings is 1. The van der Waals surface area contributed by atoms with E-state index in [0.717, 1.165) is 0 Å². The first-order valence-corrected chi connectivity index (χ1v) is 2.78. The summed E-state index contributed by atoms with van der Waals surface area (Å²) in [6.45, 7) is 0. The molecule has 0 aliphatic heterocycles. The molecule has 0 atom stereocenters.